The summed E-state index contributed by atoms with van der Waals surface area (Å²) in [5.41, 5.74) is 0.198. The summed E-state index contributed by atoms with van der Waals surface area (Å²) >= 11 is 0. The maximum absolute atomic E-state index is 11.6. The smallest absolute Gasteiger partial charge is 0.290 e. The van der Waals surface area contributed by atoms with E-state index in [9.17, 15) is 18.5 Å². The Bertz CT molecular complexity index is 669. The van der Waals surface area contributed by atoms with E-state index in [4.69, 9.17) is 0 Å². The first-order valence-electron chi connectivity index (χ1n) is 7.78. The van der Waals surface area contributed by atoms with E-state index in [0.29, 0.717) is 5.69 Å². The maximum atomic E-state index is 11.6. The molecule has 1 heterocycles. The molecular weight excluding hydrogens is 318 g/mol. The fraction of sp³-hybridized carbons (Fsp3) is 0.600. The van der Waals surface area contributed by atoms with Gasteiger partial charge in [-0.25, -0.2) is 8.42 Å². The molecule has 1 aliphatic heterocycles. The zero-order valence-electron chi connectivity index (χ0n) is 13.5. The summed E-state index contributed by atoms with van der Waals surface area (Å²) in [6.07, 6.45) is 4.29. The highest BCUT2D eigenvalue weighted by Crippen LogP contribution is 2.27. The van der Waals surface area contributed by atoms with E-state index in [1.165, 1.54) is 25.0 Å². The first-order valence-corrected chi connectivity index (χ1v) is 9.67. The number of benzene rings is 1. The van der Waals surface area contributed by atoms with Gasteiger partial charge in [0.1, 0.15) is 4.90 Å². The van der Waals surface area contributed by atoms with Crippen molar-refractivity contribution in [1.29, 1.82) is 0 Å². The average molecular weight is 341 g/mol. The van der Waals surface area contributed by atoms with Crippen molar-refractivity contribution >= 4 is 21.2 Å². The van der Waals surface area contributed by atoms with Crippen LogP contribution in [0.25, 0.3) is 0 Å². The highest BCUT2D eigenvalue weighted by Gasteiger charge is 2.23. The minimum absolute atomic E-state index is 0.178. The number of rotatable bonds is 7. The molecule has 0 bridgehead atoms. The summed E-state index contributed by atoms with van der Waals surface area (Å²) in [6, 6.07) is 4.38. The van der Waals surface area contributed by atoms with E-state index in [2.05, 4.69) is 17.1 Å². The molecule has 1 aromatic carbocycles. The number of nitro benzene ring substituents is 1. The van der Waals surface area contributed by atoms with Crippen LogP contribution in [0.3, 0.4) is 0 Å². The Hall–Kier alpha value is -1.67. The predicted molar refractivity (Wildman–Crippen MR) is 89.6 cm³/mol. The molecule has 1 fully saturated rings. The molecule has 0 saturated carbocycles. The highest BCUT2D eigenvalue weighted by atomic mass is 32.2. The van der Waals surface area contributed by atoms with Gasteiger partial charge < -0.3 is 10.2 Å². The van der Waals surface area contributed by atoms with Crippen molar-refractivity contribution in [2.24, 2.45) is 0 Å². The number of hydrogen-bond donors (Lipinski definition) is 1. The van der Waals surface area contributed by atoms with E-state index in [1.807, 2.05) is 0 Å². The number of anilines is 1. The highest BCUT2D eigenvalue weighted by molar-refractivity contribution is 7.90. The molecule has 1 aliphatic rings. The Morgan fingerprint density at radius 2 is 2.00 bits per heavy atom. The molecule has 0 aliphatic carbocycles. The molecule has 0 spiro atoms. The minimum Gasteiger partial charge on any atom is -0.381 e. The van der Waals surface area contributed by atoms with Crippen LogP contribution in [0.2, 0.25) is 0 Å². The molecule has 7 nitrogen and oxygen atoms in total. The molecule has 128 valence electrons. The van der Waals surface area contributed by atoms with Crippen LogP contribution in [-0.2, 0) is 9.84 Å². The van der Waals surface area contributed by atoms with Crippen LogP contribution in [0.5, 0.6) is 0 Å². The first-order chi connectivity index (χ1) is 10.8. The molecule has 0 aromatic heterocycles. The van der Waals surface area contributed by atoms with Gasteiger partial charge in [0.2, 0.25) is 0 Å². The summed E-state index contributed by atoms with van der Waals surface area (Å²) in [5, 5.41) is 14.4. The third-order valence-corrected chi connectivity index (χ3v) is 5.24. The van der Waals surface area contributed by atoms with Crippen LogP contribution in [-0.4, -0.2) is 50.2 Å². The number of nitrogens with one attached hydrogen (secondary N) is 1. The summed E-state index contributed by atoms with van der Waals surface area (Å²) in [5.74, 6) is 0. The molecule has 2 rings (SSSR count). The second-order valence-corrected chi connectivity index (χ2v) is 7.95. The lowest BCUT2D eigenvalue weighted by atomic mass is 10.2. The molecular formula is C15H23N3O4S. The maximum Gasteiger partial charge on any atom is 0.290 e. The third kappa shape index (κ3) is 4.65. The van der Waals surface area contributed by atoms with Crippen LogP contribution in [0.1, 0.15) is 26.2 Å². The Morgan fingerprint density at radius 1 is 1.35 bits per heavy atom. The van der Waals surface area contributed by atoms with Gasteiger partial charge in [-0.2, -0.15) is 0 Å². The topological polar surface area (TPSA) is 92.6 Å². The van der Waals surface area contributed by atoms with Gasteiger partial charge in [-0.15, -0.1) is 0 Å². The largest absolute Gasteiger partial charge is 0.381 e. The van der Waals surface area contributed by atoms with Gasteiger partial charge in [-0.05, 0) is 44.5 Å². The van der Waals surface area contributed by atoms with E-state index < -0.39 is 14.8 Å². The molecule has 1 N–H and O–H groups in total. The fourth-order valence-electron chi connectivity index (χ4n) is 2.85. The molecule has 1 unspecified atom stereocenters. The Balaban J connectivity index is 2.18. The lowest BCUT2D eigenvalue weighted by molar-refractivity contribution is -0.387. The zero-order chi connectivity index (χ0) is 17.0. The quantitative estimate of drug-likeness (QED) is 0.604. The lowest BCUT2D eigenvalue weighted by Crippen LogP contribution is -2.34. The zero-order valence-corrected chi connectivity index (χ0v) is 14.3. The molecule has 23 heavy (non-hydrogen) atoms. The van der Waals surface area contributed by atoms with Crippen molar-refractivity contribution in [3.8, 4) is 0 Å². The van der Waals surface area contributed by atoms with Crippen molar-refractivity contribution in [2.45, 2.75) is 37.1 Å². The van der Waals surface area contributed by atoms with Crippen molar-refractivity contribution < 1.29 is 13.3 Å². The standard InChI is InChI=1S/C15H23N3O4S/c1-3-12(11-17-8-4-5-9-17)16-13-6-7-15(23(2,21)22)14(10-13)18(19)20/h6-7,10,12,16H,3-5,8-9,11H2,1-2H3. The summed E-state index contributed by atoms with van der Waals surface area (Å²) in [6.45, 7) is 5.13. The number of sulfone groups is 1. The van der Waals surface area contributed by atoms with Gasteiger partial charge in [-0.1, -0.05) is 6.92 Å². The minimum atomic E-state index is -3.63. The average Bonchev–Trinajstić information content (AvgIpc) is 2.98. The second-order valence-electron chi connectivity index (χ2n) is 5.97. The SMILES string of the molecule is CCC(CN1CCCC1)Nc1ccc(S(C)(=O)=O)c([N+](=O)[O-])c1. The summed E-state index contributed by atoms with van der Waals surface area (Å²) in [4.78, 5) is 12.6. The van der Waals surface area contributed by atoms with E-state index in [1.54, 1.807) is 6.07 Å². The lowest BCUT2D eigenvalue weighted by Gasteiger charge is -2.24. The van der Waals surface area contributed by atoms with Gasteiger partial charge in [0.05, 0.1) is 4.92 Å². The Labute approximate surface area is 136 Å². The van der Waals surface area contributed by atoms with E-state index in [-0.39, 0.29) is 16.6 Å². The number of hydrogen-bond acceptors (Lipinski definition) is 6. The molecule has 0 amide bonds. The second kappa shape index (κ2) is 7.27. The predicted octanol–water partition coefficient (Wildman–Crippen LogP) is 2.28. The van der Waals surface area contributed by atoms with Gasteiger partial charge >= 0.3 is 0 Å². The Morgan fingerprint density at radius 3 is 2.52 bits per heavy atom. The number of nitro groups is 1. The van der Waals surface area contributed by atoms with Gasteiger partial charge in [0.15, 0.2) is 9.84 Å². The van der Waals surface area contributed by atoms with Crippen LogP contribution < -0.4 is 5.32 Å². The van der Waals surface area contributed by atoms with Crippen LogP contribution in [0.4, 0.5) is 11.4 Å². The van der Waals surface area contributed by atoms with Crippen molar-refractivity contribution in [3.05, 3.63) is 28.3 Å². The number of nitrogens with zero attached hydrogens (tertiary/aromatic N) is 2. The van der Waals surface area contributed by atoms with Gasteiger partial charge in [0, 0.05) is 30.6 Å². The molecule has 8 heteroatoms. The summed E-state index contributed by atoms with van der Waals surface area (Å²) in [7, 11) is -3.63. The molecule has 0 radical (unpaired) electrons. The van der Waals surface area contributed by atoms with Crippen LogP contribution in [0, 0.1) is 10.1 Å². The first kappa shape index (κ1) is 17.7. The molecule has 1 atom stereocenters. The van der Waals surface area contributed by atoms with Crippen molar-refractivity contribution in [2.75, 3.05) is 31.2 Å². The van der Waals surface area contributed by atoms with Crippen molar-refractivity contribution in [1.82, 2.24) is 4.90 Å². The Kier molecular flexibility index (Phi) is 5.59. The summed E-state index contributed by atoms with van der Waals surface area (Å²) < 4.78 is 23.3. The number of likely N-dealkylation sites (tertiary alicyclic amines) is 1. The van der Waals surface area contributed by atoms with E-state index >= 15 is 0 Å². The third-order valence-electron chi connectivity index (χ3n) is 4.10. The van der Waals surface area contributed by atoms with Crippen LogP contribution in [0.15, 0.2) is 23.1 Å². The monoisotopic (exact) mass is 341 g/mol. The normalized spacial score (nSPS) is 17.1. The fourth-order valence-corrected chi connectivity index (χ4v) is 3.68. The van der Waals surface area contributed by atoms with Gasteiger partial charge in [-0.3, -0.25) is 10.1 Å². The molecule has 1 aromatic rings. The van der Waals surface area contributed by atoms with Gasteiger partial charge in [0.25, 0.3) is 5.69 Å². The van der Waals surface area contributed by atoms with Crippen LogP contribution >= 0.6 is 0 Å². The van der Waals surface area contributed by atoms with E-state index in [0.717, 1.165) is 32.3 Å². The van der Waals surface area contributed by atoms with Crippen molar-refractivity contribution in [3.63, 3.8) is 0 Å². The molecule has 1 saturated heterocycles.